The summed E-state index contributed by atoms with van der Waals surface area (Å²) in [7, 11) is 0. The molecule has 0 aromatic heterocycles. The lowest BCUT2D eigenvalue weighted by Gasteiger charge is -2.33. The minimum atomic E-state index is -1.18. The lowest BCUT2D eigenvalue weighted by Crippen LogP contribution is -2.45. The van der Waals surface area contributed by atoms with Crippen LogP contribution in [0.3, 0.4) is 0 Å². The number of nitrogens with one attached hydrogen (secondary N) is 1. The van der Waals surface area contributed by atoms with E-state index in [2.05, 4.69) is 26.1 Å². The summed E-state index contributed by atoms with van der Waals surface area (Å²) in [5.41, 5.74) is -0.338. The molecule has 1 aromatic carbocycles. The van der Waals surface area contributed by atoms with E-state index in [4.69, 9.17) is 0 Å². The number of hydrogen-bond donors (Lipinski definition) is 2. The summed E-state index contributed by atoms with van der Waals surface area (Å²) in [5.74, 6) is -1.41. The predicted octanol–water partition coefficient (Wildman–Crippen LogP) is 3.56. The highest BCUT2D eigenvalue weighted by atomic mass is 19.1. The summed E-state index contributed by atoms with van der Waals surface area (Å²) < 4.78 is 27.1. The molecule has 0 radical (unpaired) electrons. The monoisotopic (exact) mass is 271 g/mol. The molecule has 0 saturated heterocycles. The number of aliphatic hydroxyl groups is 1. The molecule has 0 aliphatic heterocycles. The van der Waals surface area contributed by atoms with Gasteiger partial charge >= 0.3 is 0 Å². The van der Waals surface area contributed by atoms with Crippen molar-refractivity contribution in [2.45, 2.75) is 51.7 Å². The van der Waals surface area contributed by atoms with Crippen LogP contribution in [-0.4, -0.2) is 17.2 Å². The number of aliphatic hydroxyl groups excluding tert-OH is 1. The molecule has 2 nitrogen and oxygen atoms in total. The minimum absolute atomic E-state index is 0.0806. The molecule has 0 heterocycles. The van der Waals surface area contributed by atoms with Crippen LogP contribution in [0.15, 0.2) is 18.2 Å². The van der Waals surface area contributed by atoms with E-state index < -0.39 is 17.7 Å². The molecular weight excluding hydrogens is 248 g/mol. The van der Waals surface area contributed by atoms with E-state index in [1.165, 1.54) is 6.07 Å². The van der Waals surface area contributed by atoms with Crippen molar-refractivity contribution < 1.29 is 13.9 Å². The maximum atomic E-state index is 13.5. The summed E-state index contributed by atoms with van der Waals surface area (Å²) in [6.45, 7) is 6.34. The lowest BCUT2D eigenvalue weighted by atomic mass is 9.89. The second-order valence-corrected chi connectivity index (χ2v) is 4.87. The SMILES string of the molecule is CCC(CC)(CC)NCC(O)c1c(F)cccc1F. The van der Waals surface area contributed by atoms with E-state index in [9.17, 15) is 13.9 Å². The van der Waals surface area contributed by atoms with Crippen molar-refractivity contribution in [2.75, 3.05) is 6.54 Å². The van der Waals surface area contributed by atoms with Crippen LogP contribution in [0.1, 0.15) is 51.7 Å². The van der Waals surface area contributed by atoms with Gasteiger partial charge in [-0.1, -0.05) is 26.8 Å². The Bertz CT molecular complexity index is 377. The van der Waals surface area contributed by atoms with E-state index in [0.717, 1.165) is 31.4 Å². The zero-order valence-electron chi connectivity index (χ0n) is 11.8. The quantitative estimate of drug-likeness (QED) is 0.794. The largest absolute Gasteiger partial charge is 0.387 e. The highest BCUT2D eigenvalue weighted by molar-refractivity contribution is 5.22. The fourth-order valence-electron chi connectivity index (χ4n) is 2.37. The molecule has 108 valence electrons. The highest BCUT2D eigenvalue weighted by Crippen LogP contribution is 2.23. The van der Waals surface area contributed by atoms with E-state index in [1.807, 2.05) is 0 Å². The third-order valence-electron chi connectivity index (χ3n) is 4.03. The van der Waals surface area contributed by atoms with E-state index in [1.54, 1.807) is 0 Å². The number of hydrogen-bond acceptors (Lipinski definition) is 2. The molecular formula is C15H23F2NO. The van der Waals surface area contributed by atoms with Gasteiger partial charge in [-0.3, -0.25) is 0 Å². The standard InChI is InChI=1S/C15H23F2NO/c1-4-15(5-2,6-3)18-10-13(19)14-11(16)8-7-9-12(14)17/h7-9,13,18-19H,4-6,10H2,1-3H3. The van der Waals surface area contributed by atoms with Gasteiger partial charge in [0.1, 0.15) is 11.6 Å². The normalized spacial score (nSPS) is 13.6. The van der Waals surface area contributed by atoms with Crippen LogP contribution in [-0.2, 0) is 0 Å². The molecule has 0 amide bonds. The van der Waals surface area contributed by atoms with Crippen LogP contribution >= 0.6 is 0 Å². The van der Waals surface area contributed by atoms with Crippen molar-refractivity contribution in [3.8, 4) is 0 Å². The Kier molecular flexibility index (Phi) is 5.88. The first-order chi connectivity index (χ1) is 8.99. The highest BCUT2D eigenvalue weighted by Gasteiger charge is 2.25. The van der Waals surface area contributed by atoms with Gasteiger partial charge in [-0.2, -0.15) is 0 Å². The van der Waals surface area contributed by atoms with Crippen molar-refractivity contribution >= 4 is 0 Å². The van der Waals surface area contributed by atoms with Gasteiger partial charge in [-0.15, -0.1) is 0 Å². The Labute approximate surface area is 113 Å². The van der Waals surface area contributed by atoms with Crippen molar-refractivity contribution in [3.63, 3.8) is 0 Å². The average Bonchev–Trinajstić information content (AvgIpc) is 2.41. The molecule has 1 unspecified atom stereocenters. The molecule has 4 heteroatoms. The average molecular weight is 271 g/mol. The first-order valence-electron chi connectivity index (χ1n) is 6.86. The summed E-state index contributed by atoms with van der Waals surface area (Å²) >= 11 is 0. The van der Waals surface area contributed by atoms with Gasteiger partial charge in [0.25, 0.3) is 0 Å². The number of rotatable bonds is 7. The molecule has 2 N–H and O–H groups in total. The third-order valence-corrected chi connectivity index (χ3v) is 4.03. The van der Waals surface area contributed by atoms with Crippen LogP contribution in [0, 0.1) is 11.6 Å². The molecule has 0 saturated carbocycles. The molecule has 0 spiro atoms. The topological polar surface area (TPSA) is 32.3 Å². The summed E-state index contributed by atoms with van der Waals surface area (Å²) in [6, 6.07) is 3.62. The van der Waals surface area contributed by atoms with Crippen LogP contribution in [0.2, 0.25) is 0 Å². The Hall–Kier alpha value is -1.00. The van der Waals surface area contributed by atoms with Gasteiger partial charge in [0, 0.05) is 12.1 Å². The van der Waals surface area contributed by atoms with E-state index in [-0.39, 0.29) is 17.6 Å². The van der Waals surface area contributed by atoms with Gasteiger partial charge in [0.2, 0.25) is 0 Å². The smallest absolute Gasteiger partial charge is 0.131 e. The number of benzene rings is 1. The number of β-amino-alcohol motifs (C(OH)–C–C–N with tert-alkyl or cyclic N) is 1. The van der Waals surface area contributed by atoms with E-state index >= 15 is 0 Å². The molecule has 0 aliphatic carbocycles. The lowest BCUT2D eigenvalue weighted by molar-refractivity contribution is 0.143. The van der Waals surface area contributed by atoms with Gasteiger partial charge < -0.3 is 10.4 Å². The fourth-order valence-corrected chi connectivity index (χ4v) is 2.37. The van der Waals surface area contributed by atoms with Gasteiger partial charge in [-0.05, 0) is 31.4 Å². The van der Waals surface area contributed by atoms with Crippen LogP contribution in [0.25, 0.3) is 0 Å². The Balaban J connectivity index is 2.78. The summed E-state index contributed by atoms with van der Waals surface area (Å²) in [6.07, 6.45) is 1.55. The van der Waals surface area contributed by atoms with Crippen molar-refractivity contribution in [1.82, 2.24) is 5.32 Å². The minimum Gasteiger partial charge on any atom is -0.387 e. The first-order valence-corrected chi connectivity index (χ1v) is 6.86. The molecule has 1 rings (SSSR count). The maximum Gasteiger partial charge on any atom is 0.131 e. The Morgan fingerprint density at radius 3 is 2.00 bits per heavy atom. The van der Waals surface area contributed by atoms with Crippen molar-refractivity contribution in [1.29, 1.82) is 0 Å². The van der Waals surface area contributed by atoms with Gasteiger partial charge in [0.05, 0.1) is 11.7 Å². The zero-order chi connectivity index (χ0) is 14.5. The predicted molar refractivity (Wildman–Crippen MR) is 72.9 cm³/mol. The molecule has 0 fully saturated rings. The Morgan fingerprint density at radius 1 is 1.11 bits per heavy atom. The summed E-state index contributed by atoms with van der Waals surface area (Å²) in [5, 5.41) is 13.2. The Morgan fingerprint density at radius 2 is 1.58 bits per heavy atom. The van der Waals surface area contributed by atoms with Gasteiger partial charge in [0.15, 0.2) is 0 Å². The second kappa shape index (κ2) is 6.96. The maximum absolute atomic E-state index is 13.5. The van der Waals surface area contributed by atoms with E-state index in [0.29, 0.717) is 0 Å². The third kappa shape index (κ3) is 3.74. The first kappa shape index (κ1) is 16.1. The molecule has 0 bridgehead atoms. The fraction of sp³-hybridized carbons (Fsp3) is 0.600. The molecule has 1 aromatic rings. The van der Waals surface area contributed by atoms with Crippen molar-refractivity contribution in [2.24, 2.45) is 0 Å². The zero-order valence-corrected chi connectivity index (χ0v) is 11.8. The summed E-state index contributed by atoms with van der Waals surface area (Å²) in [4.78, 5) is 0. The van der Waals surface area contributed by atoms with Crippen molar-refractivity contribution in [3.05, 3.63) is 35.4 Å². The molecule has 1 atom stereocenters. The van der Waals surface area contributed by atoms with Crippen LogP contribution in [0.5, 0.6) is 0 Å². The van der Waals surface area contributed by atoms with Gasteiger partial charge in [-0.25, -0.2) is 8.78 Å². The molecule has 19 heavy (non-hydrogen) atoms. The number of halogens is 2. The second-order valence-electron chi connectivity index (χ2n) is 4.87. The molecule has 0 aliphatic rings. The van der Waals surface area contributed by atoms with Crippen LogP contribution < -0.4 is 5.32 Å². The van der Waals surface area contributed by atoms with Crippen LogP contribution in [0.4, 0.5) is 8.78 Å².